The maximum absolute atomic E-state index is 13.0. The summed E-state index contributed by atoms with van der Waals surface area (Å²) < 4.78 is 13.0. The van der Waals surface area contributed by atoms with E-state index in [9.17, 15) is 9.18 Å². The lowest BCUT2D eigenvalue weighted by Gasteiger charge is -2.22. The van der Waals surface area contributed by atoms with Crippen LogP contribution in [0.5, 0.6) is 0 Å². The highest BCUT2D eigenvalue weighted by atomic mass is 19.1. The lowest BCUT2D eigenvalue weighted by molar-refractivity contribution is -0.116. The molecule has 1 aromatic heterocycles. The number of likely N-dealkylation sites (N-methyl/N-ethyl adjacent to an activating group) is 1. The Morgan fingerprint density at radius 2 is 1.91 bits per heavy atom. The lowest BCUT2D eigenvalue weighted by atomic mass is 10.2. The molecule has 0 fully saturated rings. The molecular weight excluding hydrogens is 297 g/mol. The van der Waals surface area contributed by atoms with Gasteiger partial charge in [0.05, 0.1) is 13.2 Å². The van der Waals surface area contributed by atoms with E-state index in [-0.39, 0.29) is 18.3 Å². The molecule has 0 radical (unpaired) electrons. The highest BCUT2D eigenvalue weighted by molar-refractivity contribution is 5.91. The number of carbonyl (C=O) groups excluding carboxylic acids is 1. The van der Waals surface area contributed by atoms with Crippen LogP contribution in [0.2, 0.25) is 0 Å². The fourth-order valence-electron chi connectivity index (χ4n) is 2.19. The van der Waals surface area contributed by atoms with Crippen LogP contribution >= 0.6 is 0 Å². The van der Waals surface area contributed by atoms with Gasteiger partial charge in [-0.25, -0.2) is 9.37 Å². The van der Waals surface area contributed by atoms with Crippen molar-refractivity contribution < 1.29 is 14.3 Å². The number of aliphatic hydroxyl groups is 1. The Morgan fingerprint density at radius 3 is 2.43 bits per heavy atom. The smallest absolute Gasteiger partial charge is 0.224 e. The maximum Gasteiger partial charge on any atom is 0.224 e. The first kappa shape index (κ1) is 16.9. The molecule has 23 heavy (non-hydrogen) atoms. The summed E-state index contributed by atoms with van der Waals surface area (Å²) in [7, 11) is 1.85. The van der Waals surface area contributed by atoms with E-state index in [0.717, 1.165) is 11.4 Å². The van der Waals surface area contributed by atoms with Gasteiger partial charge in [-0.05, 0) is 35.9 Å². The van der Waals surface area contributed by atoms with Crippen LogP contribution in [-0.4, -0.2) is 36.2 Å². The summed E-state index contributed by atoms with van der Waals surface area (Å²) in [6.45, 7) is 2.39. The first-order valence-electron chi connectivity index (χ1n) is 7.32. The summed E-state index contributed by atoms with van der Waals surface area (Å²) in [5.41, 5.74) is 1.51. The Kier molecular flexibility index (Phi) is 5.65. The van der Waals surface area contributed by atoms with E-state index in [2.05, 4.69) is 4.98 Å². The summed E-state index contributed by atoms with van der Waals surface area (Å²) in [6.07, 6.45) is 1.70. The van der Waals surface area contributed by atoms with Gasteiger partial charge < -0.3 is 14.9 Å². The lowest BCUT2D eigenvalue weighted by Crippen LogP contribution is -2.28. The Morgan fingerprint density at radius 1 is 1.22 bits per heavy atom. The van der Waals surface area contributed by atoms with Crippen molar-refractivity contribution in [3.8, 4) is 0 Å². The van der Waals surface area contributed by atoms with E-state index in [4.69, 9.17) is 5.11 Å². The second kappa shape index (κ2) is 7.69. The number of benzene rings is 1. The van der Waals surface area contributed by atoms with Crippen molar-refractivity contribution in [1.82, 2.24) is 4.98 Å². The van der Waals surface area contributed by atoms with Gasteiger partial charge in [0, 0.05) is 32.4 Å². The second-order valence-electron chi connectivity index (χ2n) is 5.25. The third kappa shape index (κ3) is 4.50. The Bertz CT molecular complexity index is 644. The zero-order chi connectivity index (χ0) is 16.8. The molecule has 5 nitrogen and oxygen atoms in total. The van der Waals surface area contributed by atoms with Crippen molar-refractivity contribution in [2.45, 2.75) is 13.5 Å². The molecule has 1 heterocycles. The second-order valence-corrected chi connectivity index (χ2v) is 5.25. The van der Waals surface area contributed by atoms with Gasteiger partial charge in [-0.2, -0.15) is 0 Å². The molecule has 0 aliphatic carbocycles. The van der Waals surface area contributed by atoms with Crippen LogP contribution in [0.15, 0.2) is 42.6 Å². The minimum atomic E-state index is -0.338. The van der Waals surface area contributed by atoms with E-state index in [1.807, 2.05) is 24.1 Å². The number of aliphatic hydroxyl groups excluding tert-OH is 1. The predicted molar refractivity (Wildman–Crippen MR) is 87.9 cm³/mol. The third-order valence-corrected chi connectivity index (χ3v) is 3.49. The van der Waals surface area contributed by atoms with Gasteiger partial charge in [-0.3, -0.25) is 4.79 Å². The van der Waals surface area contributed by atoms with Crippen molar-refractivity contribution in [1.29, 1.82) is 0 Å². The van der Waals surface area contributed by atoms with E-state index < -0.39 is 0 Å². The van der Waals surface area contributed by atoms with Gasteiger partial charge in [-0.15, -0.1) is 0 Å². The van der Waals surface area contributed by atoms with Crippen LogP contribution in [0.4, 0.5) is 15.9 Å². The van der Waals surface area contributed by atoms with E-state index in [0.29, 0.717) is 18.8 Å². The molecule has 1 aromatic carbocycles. The number of carbonyl (C=O) groups is 1. The zero-order valence-electron chi connectivity index (χ0n) is 13.2. The number of amides is 1. The molecule has 0 saturated carbocycles. The monoisotopic (exact) mass is 317 g/mol. The first-order chi connectivity index (χ1) is 11.0. The van der Waals surface area contributed by atoms with Gasteiger partial charge in [0.15, 0.2) is 0 Å². The Hall–Kier alpha value is -2.47. The average Bonchev–Trinajstić information content (AvgIpc) is 2.54. The van der Waals surface area contributed by atoms with Gasteiger partial charge in [0.25, 0.3) is 0 Å². The number of halogens is 1. The third-order valence-electron chi connectivity index (χ3n) is 3.49. The van der Waals surface area contributed by atoms with Gasteiger partial charge in [0.1, 0.15) is 11.6 Å². The Labute approximate surface area is 135 Å². The molecule has 122 valence electrons. The largest absolute Gasteiger partial charge is 0.395 e. The quantitative estimate of drug-likeness (QED) is 0.887. The molecule has 0 saturated heterocycles. The van der Waals surface area contributed by atoms with Gasteiger partial charge in [0.2, 0.25) is 5.91 Å². The molecule has 0 spiro atoms. The summed E-state index contributed by atoms with van der Waals surface area (Å²) in [5, 5.41) is 8.94. The zero-order valence-corrected chi connectivity index (χ0v) is 13.2. The molecule has 0 aliphatic rings. The molecule has 0 bridgehead atoms. The topological polar surface area (TPSA) is 56.7 Å². The molecule has 2 rings (SSSR count). The molecule has 0 unspecified atom stereocenters. The van der Waals surface area contributed by atoms with Crippen LogP contribution in [0, 0.1) is 5.82 Å². The first-order valence-corrected chi connectivity index (χ1v) is 7.32. The summed E-state index contributed by atoms with van der Waals surface area (Å²) in [4.78, 5) is 19.6. The summed E-state index contributed by atoms with van der Waals surface area (Å²) in [6, 6.07) is 9.54. The van der Waals surface area contributed by atoms with E-state index in [1.165, 1.54) is 19.1 Å². The number of hydrogen-bond donors (Lipinski definition) is 1. The maximum atomic E-state index is 13.0. The minimum absolute atomic E-state index is 0.0581. The van der Waals surface area contributed by atoms with Crippen molar-refractivity contribution in [3.05, 3.63) is 54.0 Å². The number of anilines is 2. The van der Waals surface area contributed by atoms with Crippen LogP contribution in [0.1, 0.15) is 12.5 Å². The van der Waals surface area contributed by atoms with Crippen molar-refractivity contribution in [3.63, 3.8) is 0 Å². The van der Waals surface area contributed by atoms with Crippen LogP contribution in [0.25, 0.3) is 0 Å². The molecule has 0 atom stereocenters. The fraction of sp³-hybridized carbons (Fsp3) is 0.294. The average molecular weight is 317 g/mol. The highest BCUT2D eigenvalue weighted by Gasteiger charge is 2.13. The van der Waals surface area contributed by atoms with Gasteiger partial charge in [-0.1, -0.05) is 6.07 Å². The number of rotatable bonds is 6. The normalized spacial score (nSPS) is 10.4. The SMILES string of the molecule is CC(=O)N(Cc1ccc(N(C)CCO)nc1)c1ccc(F)cc1. The van der Waals surface area contributed by atoms with Crippen LogP contribution < -0.4 is 9.80 Å². The number of aromatic nitrogens is 1. The predicted octanol–water partition coefficient (Wildman–Crippen LogP) is 2.20. The minimum Gasteiger partial charge on any atom is -0.395 e. The van der Waals surface area contributed by atoms with Crippen LogP contribution in [-0.2, 0) is 11.3 Å². The number of nitrogens with zero attached hydrogens (tertiary/aromatic N) is 3. The Balaban J connectivity index is 2.14. The van der Waals surface area contributed by atoms with Crippen molar-refractivity contribution in [2.24, 2.45) is 0 Å². The standard InChI is InChI=1S/C17H20FN3O2/c1-13(23)21(16-6-4-15(18)5-7-16)12-14-3-8-17(19-11-14)20(2)9-10-22/h3-8,11,22H,9-10,12H2,1-2H3. The molecule has 1 amide bonds. The van der Waals surface area contributed by atoms with E-state index in [1.54, 1.807) is 23.2 Å². The highest BCUT2D eigenvalue weighted by Crippen LogP contribution is 2.19. The molecule has 0 aliphatic heterocycles. The molecule has 6 heteroatoms. The molecule has 1 N–H and O–H groups in total. The number of hydrogen-bond acceptors (Lipinski definition) is 4. The van der Waals surface area contributed by atoms with Gasteiger partial charge >= 0.3 is 0 Å². The summed E-state index contributed by atoms with van der Waals surface area (Å²) in [5.74, 6) is 0.284. The van der Waals surface area contributed by atoms with Crippen LogP contribution in [0.3, 0.4) is 0 Å². The number of pyridine rings is 1. The van der Waals surface area contributed by atoms with Crippen molar-refractivity contribution >= 4 is 17.4 Å². The molecular formula is C17H20FN3O2. The van der Waals surface area contributed by atoms with E-state index >= 15 is 0 Å². The fourth-order valence-corrected chi connectivity index (χ4v) is 2.19. The molecule has 2 aromatic rings. The van der Waals surface area contributed by atoms with Crippen molar-refractivity contribution in [2.75, 3.05) is 30.0 Å². The summed E-state index contributed by atoms with van der Waals surface area (Å²) >= 11 is 0.